The van der Waals surface area contributed by atoms with Gasteiger partial charge in [-0.1, -0.05) is 42.1 Å². The van der Waals surface area contributed by atoms with Crippen LogP contribution < -0.4 is 10.6 Å². The van der Waals surface area contributed by atoms with Gasteiger partial charge < -0.3 is 20.7 Å². The third-order valence-corrected chi connectivity index (χ3v) is 7.18. The lowest BCUT2D eigenvalue weighted by Gasteiger charge is -2.21. The molecule has 0 aliphatic carbocycles. The molecule has 1 unspecified atom stereocenters. The number of rotatable bonds is 8. The predicted octanol–water partition coefficient (Wildman–Crippen LogP) is 3.12. The molecule has 0 radical (unpaired) electrons. The number of hydroxylamine groups is 2. The van der Waals surface area contributed by atoms with Crippen molar-refractivity contribution in [3.05, 3.63) is 83.9 Å². The zero-order chi connectivity index (χ0) is 25.9. The Kier molecular flexibility index (Phi) is 7.29. The van der Waals surface area contributed by atoms with Crippen molar-refractivity contribution in [2.24, 2.45) is 5.73 Å². The Morgan fingerprint density at radius 1 is 1.17 bits per heavy atom. The Hall–Kier alpha value is -3.87. The Balaban J connectivity index is 1.42. The van der Waals surface area contributed by atoms with E-state index in [0.717, 1.165) is 17.3 Å². The molecular formula is C24H23N5O5S2. The minimum absolute atomic E-state index is 0.0113. The second-order valence-electron chi connectivity index (χ2n) is 7.83. The monoisotopic (exact) mass is 525 g/mol. The number of guanidine groups is 1. The summed E-state index contributed by atoms with van der Waals surface area (Å²) in [7, 11) is -3.53. The van der Waals surface area contributed by atoms with Crippen LogP contribution in [0.3, 0.4) is 0 Å². The molecule has 0 aliphatic rings. The van der Waals surface area contributed by atoms with Gasteiger partial charge in [-0.3, -0.25) is 10.2 Å². The maximum Gasteiger partial charge on any atom is 0.294 e. The third kappa shape index (κ3) is 5.85. The standard InChI is InChI=1S/C24H23N5O5S2/c1-36(32,33)18-6-4-5-16(13-18)22(31)29(23(25)26)34-17-11-9-15(10-12-17)21(30)14-35-24-27-19-7-2-3-8-20(19)28-24/h2-13,21,30H,14H2,1H3,(H3,25,26)(H,27,28). The predicted molar refractivity (Wildman–Crippen MR) is 136 cm³/mol. The number of nitrogens with one attached hydrogen (secondary N) is 2. The minimum Gasteiger partial charge on any atom is -0.388 e. The number of aromatic nitrogens is 2. The van der Waals surface area contributed by atoms with Crippen LogP contribution in [0, 0.1) is 5.41 Å². The van der Waals surface area contributed by atoms with Gasteiger partial charge in [0.15, 0.2) is 20.7 Å². The number of imidazole rings is 1. The van der Waals surface area contributed by atoms with E-state index in [-0.39, 0.29) is 16.2 Å². The van der Waals surface area contributed by atoms with Gasteiger partial charge in [-0.15, -0.1) is 5.06 Å². The van der Waals surface area contributed by atoms with E-state index in [2.05, 4.69) is 9.97 Å². The molecule has 0 aliphatic heterocycles. The van der Waals surface area contributed by atoms with Crippen molar-refractivity contribution in [2.75, 3.05) is 12.0 Å². The van der Waals surface area contributed by atoms with Crippen molar-refractivity contribution in [1.82, 2.24) is 15.0 Å². The summed E-state index contributed by atoms with van der Waals surface area (Å²) in [5, 5.41) is 19.6. The first-order chi connectivity index (χ1) is 17.1. The summed E-state index contributed by atoms with van der Waals surface area (Å²) in [6, 6.07) is 19.3. The van der Waals surface area contributed by atoms with Crippen LogP contribution in [0.5, 0.6) is 5.75 Å². The average molecular weight is 526 g/mol. The molecule has 3 aromatic carbocycles. The van der Waals surface area contributed by atoms with E-state index >= 15 is 0 Å². The molecule has 0 saturated carbocycles. The zero-order valence-corrected chi connectivity index (χ0v) is 20.7. The van der Waals surface area contributed by atoms with Gasteiger partial charge in [-0.2, -0.15) is 0 Å². The van der Waals surface area contributed by atoms with Gasteiger partial charge in [0.25, 0.3) is 5.91 Å². The number of nitrogens with zero attached hydrogens (tertiary/aromatic N) is 2. The summed E-state index contributed by atoms with van der Waals surface area (Å²) in [5.41, 5.74) is 7.92. The van der Waals surface area contributed by atoms with E-state index < -0.39 is 27.8 Å². The van der Waals surface area contributed by atoms with Crippen LogP contribution in [0.15, 0.2) is 82.8 Å². The van der Waals surface area contributed by atoms with E-state index in [4.69, 9.17) is 16.0 Å². The van der Waals surface area contributed by atoms with Gasteiger partial charge in [0.05, 0.1) is 22.0 Å². The molecular weight excluding hydrogens is 502 g/mol. The number of aliphatic hydroxyl groups excluding tert-OH is 1. The molecule has 5 N–H and O–H groups in total. The SMILES string of the molecule is CS(=O)(=O)c1cccc(C(=O)N(Oc2ccc(C(O)CSc3nc4ccccc4[nH]3)cc2)C(=N)N)c1. The fraction of sp³-hybridized carbons (Fsp3) is 0.125. The van der Waals surface area contributed by atoms with Gasteiger partial charge in [0.1, 0.15) is 0 Å². The second kappa shape index (κ2) is 10.4. The highest BCUT2D eigenvalue weighted by atomic mass is 32.2. The molecule has 0 saturated heterocycles. The highest BCUT2D eigenvalue weighted by molar-refractivity contribution is 7.99. The van der Waals surface area contributed by atoms with Crippen LogP contribution >= 0.6 is 11.8 Å². The van der Waals surface area contributed by atoms with Crippen LogP contribution in [0.4, 0.5) is 0 Å². The minimum atomic E-state index is -3.53. The molecule has 186 valence electrons. The summed E-state index contributed by atoms with van der Waals surface area (Å²) in [5.74, 6) is -0.941. The lowest BCUT2D eigenvalue weighted by Crippen LogP contribution is -2.43. The topological polar surface area (TPSA) is 162 Å². The maximum atomic E-state index is 12.9. The number of carbonyl (C=O) groups excluding carboxylic acids is 1. The van der Waals surface area contributed by atoms with Crippen molar-refractivity contribution in [2.45, 2.75) is 16.2 Å². The van der Waals surface area contributed by atoms with Crippen LogP contribution in [0.2, 0.25) is 0 Å². The Morgan fingerprint density at radius 2 is 1.89 bits per heavy atom. The van der Waals surface area contributed by atoms with Crippen LogP contribution in [0.25, 0.3) is 11.0 Å². The second-order valence-corrected chi connectivity index (χ2v) is 10.9. The number of nitrogens with two attached hydrogens (primary N) is 1. The molecule has 1 amide bonds. The zero-order valence-electron chi connectivity index (χ0n) is 19.1. The largest absolute Gasteiger partial charge is 0.388 e. The molecule has 4 rings (SSSR count). The number of hydrogen-bond donors (Lipinski definition) is 4. The van der Waals surface area contributed by atoms with Gasteiger partial charge in [0.2, 0.25) is 5.96 Å². The first-order valence-electron chi connectivity index (χ1n) is 10.6. The molecule has 1 aromatic heterocycles. The molecule has 1 atom stereocenters. The van der Waals surface area contributed by atoms with Crippen LogP contribution in [-0.2, 0) is 9.84 Å². The van der Waals surface area contributed by atoms with Crippen molar-refractivity contribution < 1.29 is 23.2 Å². The highest BCUT2D eigenvalue weighted by Crippen LogP contribution is 2.26. The molecule has 0 spiro atoms. The number of carbonyl (C=O) groups is 1. The Morgan fingerprint density at radius 3 is 2.56 bits per heavy atom. The summed E-state index contributed by atoms with van der Waals surface area (Å²) in [6.45, 7) is 0. The lowest BCUT2D eigenvalue weighted by molar-refractivity contribution is 0.0152. The van der Waals surface area contributed by atoms with Gasteiger partial charge in [0, 0.05) is 17.6 Å². The van der Waals surface area contributed by atoms with Crippen LogP contribution in [-0.4, -0.2) is 52.4 Å². The summed E-state index contributed by atoms with van der Waals surface area (Å²) in [6.07, 6.45) is 0.239. The average Bonchev–Trinajstić information content (AvgIpc) is 3.28. The van der Waals surface area contributed by atoms with Gasteiger partial charge >= 0.3 is 0 Å². The Bertz CT molecular complexity index is 1490. The molecule has 4 aromatic rings. The maximum absolute atomic E-state index is 12.9. The van der Waals surface area contributed by atoms with E-state index in [9.17, 15) is 18.3 Å². The summed E-state index contributed by atoms with van der Waals surface area (Å²) < 4.78 is 23.6. The molecule has 12 heteroatoms. The van der Waals surface area contributed by atoms with Crippen molar-refractivity contribution in [1.29, 1.82) is 5.41 Å². The number of sulfone groups is 1. The number of para-hydroxylation sites is 2. The molecule has 36 heavy (non-hydrogen) atoms. The summed E-state index contributed by atoms with van der Waals surface area (Å²) >= 11 is 1.38. The number of amides is 1. The lowest BCUT2D eigenvalue weighted by atomic mass is 10.1. The fourth-order valence-electron chi connectivity index (χ4n) is 3.29. The molecule has 0 fully saturated rings. The van der Waals surface area contributed by atoms with E-state index in [0.29, 0.717) is 21.5 Å². The third-order valence-electron chi connectivity index (χ3n) is 5.12. The first-order valence-corrected chi connectivity index (χ1v) is 13.5. The molecule has 0 bridgehead atoms. The van der Waals surface area contributed by atoms with Crippen LogP contribution in [0.1, 0.15) is 22.0 Å². The van der Waals surface area contributed by atoms with E-state index in [1.54, 1.807) is 12.1 Å². The van der Waals surface area contributed by atoms with Crippen molar-refractivity contribution in [3.8, 4) is 5.75 Å². The molecule has 10 nitrogen and oxygen atoms in total. The number of aromatic amines is 1. The number of hydrogen-bond acceptors (Lipinski definition) is 8. The van der Waals surface area contributed by atoms with E-state index in [1.165, 1.54) is 48.2 Å². The number of thioether (sulfide) groups is 1. The van der Waals surface area contributed by atoms with Crippen molar-refractivity contribution in [3.63, 3.8) is 0 Å². The fourth-order valence-corrected chi connectivity index (χ4v) is 4.81. The first kappa shape index (κ1) is 25.2. The number of H-pyrrole nitrogens is 1. The normalized spacial score (nSPS) is 12.3. The highest BCUT2D eigenvalue weighted by Gasteiger charge is 2.23. The van der Waals surface area contributed by atoms with Gasteiger partial charge in [-0.25, -0.2) is 13.4 Å². The number of benzene rings is 3. The smallest absolute Gasteiger partial charge is 0.294 e. The van der Waals surface area contributed by atoms with Crippen molar-refractivity contribution >= 4 is 44.5 Å². The Labute approximate surface area is 211 Å². The van der Waals surface area contributed by atoms with E-state index in [1.807, 2.05) is 24.3 Å². The summed E-state index contributed by atoms with van der Waals surface area (Å²) in [4.78, 5) is 26.0. The van der Waals surface area contributed by atoms with Gasteiger partial charge in [-0.05, 0) is 48.0 Å². The number of fused-ring (bicyclic) bond motifs is 1. The number of aliphatic hydroxyl groups is 1. The molecule has 1 heterocycles. The quantitative estimate of drug-likeness (QED) is 0.118.